The molecule has 1 fully saturated rings. The van der Waals surface area contributed by atoms with E-state index in [0.29, 0.717) is 5.76 Å². The van der Waals surface area contributed by atoms with Crippen LogP contribution in [0.4, 0.5) is 10.1 Å². The van der Waals surface area contributed by atoms with Gasteiger partial charge in [0.1, 0.15) is 22.8 Å². The summed E-state index contributed by atoms with van der Waals surface area (Å²) in [5, 5.41) is 7.14. The Morgan fingerprint density at radius 2 is 1.90 bits per heavy atom. The Hall–Kier alpha value is -2.86. The number of halogens is 2. The second-order valence-corrected chi connectivity index (χ2v) is 7.54. The first-order valence-electron chi connectivity index (χ1n) is 9.56. The Morgan fingerprint density at radius 1 is 1.17 bits per heavy atom. The van der Waals surface area contributed by atoms with Gasteiger partial charge in [0.05, 0.1) is 10.6 Å². The number of carbonyl (C=O) groups excluding carboxylic acids is 1. The lowest BCUT2D eigenvalue weighted by molar-refractivity contribution is 0.0930. The minimum Gasteiger partial charge on any atom is -0.371 e. The maximum absolute atomic E-state index is 14.3. The second-order valence-electron chi connectivity index (χ2n) is 7.13. The first kappa shape index (κ1) is 19.5. The molecule has 1 aliphatic heterocycles. The molecule has 0 unspecified atom stereocenters. The summed E-state index contributed by atoms with van der Waals surface area (Å²) in [4.78, 5) is 15.3. The summed E-state index contributed by atoms with van der Waals surface area (Å²) in [6.07, 6.45) is 1.64. The zero-order valence-electron chi connectivity index (χ0n) is 16.0. The molecule has 1 N–H and O–H groups in total. The molecule has 150 valence electrons. The molecule has 0 saturated carbocycles. The van der Waals surface area contributed by atoms with Gasteiger partial charge in [-0.25, -0.2) is 4.39 Å². The van der Waals surface area contributed by atoms with E-state index < -0.39 is 5.82 Å². The van der Waals surface area contributed by atoms with E-state index in [2.05, 4.69) is 27.5 Å². The normalized spacial score (nSPS) is 14.8. The minimum absolute atomic E-state index is 0.0284. The molecule has 1 aromatic heterocycles. The van der Waals surface area contributed by atoms with Gasteiger partial charge in [0.15, 0.2) is 0 Å². The predicted octanol–water partition coefficient (Wildman–Crippen LogP) is 4.84. The van der Waals surface area contributed by atoms with E-state index in [1.165, 1.54) is 17.8 Å². The van der Waals surface area contributed by atoms with Crippen LogP contribution in [-0.2, 0) is 0 Å². The number of aromatic nitrogens is 1. The van der Waals surface area contributed by atoms with Crippen LogP contribution in [0.2, 0.25) is 5.02 Å². The van der Waals surface area contributed by atoms with Crippen molar-refractivity contribution in [3.05, 3.63) is 70.7 Å². The highest BCUT2D eigenvalue weighted by atomic mass is 35.5. The second kappa shape index (κ2) is 8.25. The van der Waals surface area contributed by atoms with Crippen molar-refractivity contribution in [2.24, 2.45) is 0 Å². The number of carbonyl (C=O) groups is 1. The van der Waals surface area contributed by atoms with E-state index in [4.69, 9.17) is 16.1 Å². The summed E-state index contributed by atoms with van der Waals surface area (Å²) in [5.74, 6) is -0.536. The maximum Gasteiger partial charge on any atom is 0.257 e. The van der Waals surface area contributed by atoms with Gasteiger partial charge in [0.25, 0.3) is 5.91 Å². The summed E-state index contributed by atoms with van der Waals surface area (Å²) in [6, 6.07) is 14.6. The van der Waals surface area contributed by atoms with E-state index in [-0.39, 0.29) is 33.8 Å². The molecule has 3 aromatic rings. The molecule has 0 atom stereocenters. The third kappa shape index (κ3) is 3.98. The van der Waals surface area contributed by atoms with Crippen LogP contribution >= 0.6 is 11.6 Å². The van der Waals surface area contributed by atoms with Crippen molar-refractivity contribution in [1.82, 2.24) is 10.5 Å². The summed E-state index contributed by atoms with van der Waals surface area (Å²) in [7, 11) is 0. The molecule has 0 spiro atoms. The highest BCUT2D eigenvalue weighted by Gasteiger charge is 2.28. The molecule has 1 amide bonds. The molecule has 1 aliphatic rings. The monoisotopic (exact) mass is 413 g/mol. The van der Waals surface area contributed by atoms with Gasteiger partial charge in [-0.05, 0) is 44.0 Å². The SMILES string of the molecule is Cc1onc(-c2c(F)cccc2Cl)c1C(=O)NC1CCN(c2ccccc2)CC1. The number of para-hydroxylation sites is 1. The molecular formula is C22H21ClFN3O2. The fourth-order valence-corrected chi connectivity index (χ4v) is 3.97. The number of nitrogens with one attached hydrogen (secondary N) is 1. The number of aryl methyl sites for hydroxylation is 1. The molecule has 0 aliphatic carbocycles. The zero-order valence-corrected chi connectivity index (χ0v) is 16.7. The lowest BCUT2D eigenvalue weighted by Gasteiger charge is -2.34. The summed E-state index contributed by atoms with van der Waals surface area (Å²) in [5.41, 5.74) is 1.62. The summed E-state index contributed by atoms with van der Waals surface area (Å²) >= 11 is 6.16. The maximum atomic E-state index is 14.3. The number of hydrogen-bond acceptors (Lipinski definition) is 4. The van der Waals surface area contributed by atoms with E-state index in [0.717, 1.165) is 25.9 Å². The summed E-state index contributed by atoms with van der Waals surface area (Å²) < 4.78 is 19.5. The Bertz CT molecular complexity index is 994. The van der Waals surface area contributed by atoms with Gasteiger partial charge in [-0.2, -0.15) is 0 Å². The molecule has 29 heavy (non-hydrogen) atoms. The van der Waals surface area contributed by atoms with Crippen molar-refractivity contribution in [3.8, 4) is 11.3 Å². The van der Waals surface area contributed by atoms with E-state index in [9.17, 15) is 9.18 Å². The van der Waals surface area contributed by atoms with Crippen LogP contribution in [0.25, 0.3) is 11.3 Å². The molecule has 5 nitrogen and oxygen atoms in total. The zero-order chi connectivity index (χ0) is 20.4. The standard InChI is InChI=1S/C22H21ClFN3O2/c1-14-19(21(26-29-14)20-17(23)8-5-9-18(20)24)22(28)25-15-10-12-27(13-11-15)16-6-3-2-4-7-16/h2-9,15H,10-13H2,1H3,(H,25,28). The van der Waals surface area contributed by atoms with Crippen LogP contribution in [0.1, 0.15) is 29.0 Å². The number of amides is 1. The quantitative estimate of drug-likeness (QED) is 0.664. The largest absolute Gasteiger partial charge is 0.371 e. The van der Waals surface area contributed by atoms with Crippen LogP contribution in [0, 0.1) is 12.7 Å². The van der Waals surface area contributed by atoms with Crippen LogP contribution in [0.5, 0.6) is 0 Å². The van der Waals surface area contributed by atoms with Crippen LogP contribution < -0.4 is 10.2 Å². The third-order valence-corrected chi connectivity index (χ3v) is 5.56. The van der Waals surface area contributed by atoms with Gasteiger partial charge >= 0.3 is 0 Å². The Kier molecular flexibility index (Phi) is 5.53. The Balaban J connectivity index is 1.48. The number of benzene rings is 2. The van der Waals surface area contributed by atoms with Crippen molar-refractivity contribution < 1.29 is 13.7 Å². The molecule has 2 aromatic carbocycles. The number of hydrogen-bond donors (Lipinski definition) is 1. The smallest absolute Gasteiger partial charge is 0.257 e. The number of nitrogens with zero attached hydrogens (tertiary/aromatic N) is 2. The van der Waals surface area contributed by atoms with Gasteiger partial charge in [-0.3, -0.25) is 4.79 Å². The molecule has 1 saturated heterocycles. The Labute approximate surface area is 173 Å². The highest BCUT2D eigenvalue weighted by molar-refractivity contribution is 6.33. The Morgan fingerprint density at radius 3 is 2.59 bits per heavy atom. The highest BCUT2D eigenvalue weighted by Crippen LogP contribution is 2.33. The van der Waals surface area contributed by atoms with Gasteiger partial charge < -0.3 is 14.7 Å². The first-order chi connectivity index (χ1) is 14.0. The van der Waals surface area contributed by atoms with E-state index in [1.54, 1.807) is 13.0 Å². The van der Waals surface area contributed by atoms with Gasteiger partial charge in [0.2, 0.25) is 0 Å². The third-order valence-electron chi connectivity index (χ3n) is 5.24. The van der Waals surface area contributed by atoms with Crippen LogP contribution in [0.3, 0.4) is 0 Å². The van der Waals surface area contributed by atoms with Crippen LogP contribution in [0.15, 0.2) is 53.1 Å². The van der Waals surface area contributed by atoms with Gasteiger partial charge in [-0.15, -0.1) is 0 Å². The van der Waals surface area contributed by atoms with Crippen molar-refractivity contribution in [1.29, 1.82) is 0 Å². The molecule has 2 heterocycles. The van der Waals surface area contributed by atoms with Gasteiger partial charge in [-0.1, -0.05) is 41.0 Å². The lowest BCUT2D eigenvalue weighted by atomic mass is 10.0. The number of anilines is 1. The van der Waals surface area contributed by atoms with E-state index in [1.807, 2.05) is 18.2 Å². The van der Waals surface area contributed by atoms with Crippen molar-refractivity contribution in [2.45, 2.75) is 25.8 Å². The molecule has 0 radical (unpaired) electrons. The van der Waals surface area contributed by atoms with E-state index >= 15 is 0 Å². The number of rotatable bonds is 4. The average molecular weight is 414 g/mol. The predicted molar refractivity (Wildman–Crippen MR) is 111 cm³/mol. The van der Waals surface area contributed by atoms with Crippen LogP contribution in [-0.4, -0.2) is 30.2 Å². The first-order valence-corrected chi connectivity index (χ1v) is 9.94. The summed E-state index contributed by atoms with van der Waals surface area (Å²) in [6.45, 7) is 3.34. The van der Waals surface area contributed by atoms with Crippen molar-refractivity contribution >= 4 is 23.2 Å². The van der Waals surface area contributed by atoms with Gasteiger partial charge in [0, 0.05) is 24.8 Å². The fraction of sp³-hybridized carbons (Fsp3) is 0.273. The minimum atomic E-state index is -0.545. The van der Waals surface area contributed by atoms with Crippen molar-refractivity contribution in [2.75, 3.05) is 18.0 Å². The fourth-order valence-electron chi connectivity index (χ4n) is 3.71. The molecule has 7 heteroatoms. The topological polar surface area (TPSA) is 58.4 Å². The molecular weight excluding hydrogens is 393 g/mol. The average Bonchev–Trinajstić information content (AvgIpc) is 3.10. The molecule has 0 bridgehead atoms. The van der Waals surface area contributed by atoms with Crippen molar-refractivity contribution in [3.63, 3.8) is 0 Å². The lowest BCUT2D eigenvalue weighted by Crippen LogP contribution is -2.44. The molecule has 4 rings (SSSR count). The number of piperidine rings is 1.